The molecule has 0 heterocycles. The van der Waals surface area contributed by atoms with E-state index in [1.165, 1.54) is 20.9 Å². The number of hydrogen-bond acceptors (Lipinski definition) is 1. The monoisotopic (exact) mass is 271 g/mol. The molecule has 0 saturated carbocycles. The van der Waals surface area contributed by atoms with E-state index in [1.54, 1.807) is 0 Å². The van der Waals surface area contributed by atoms with Gasteiger partial charge in [0.05, 0.1) is 0 Å². The Morgan fingerprint density at radius 1 is 1.15 bits per heavy atom. The standard InChI is InChI=1S/C4BrF6NO/c5-3(7,8)1(6)12-2(13)4(9,10)11. The third kappa shape index (κ3) is 4.25. The number of rotatable bonds is 1. The van der Waals surface area contributed by atoms with Gasteiger partial charge in [-0.3, -0.25) is 4.79 Å². The number of amides is 1. The van der Waals surface area contributed by atoms with Gasteiger partial charge in [0.25, 0.3) is 5.97 Å². The van der Waals surface area contributed by atoms with E-state index in [1.807, 2.05) is 0 Å². The highest BCUT2D eigenvalue weighted by Gasteiger charge is 2.42. The Hall–Kier alpha value is -0.600. The van der Waals surface area contributed by atoms with Crippen molar-refractivity contribution in [1.29, 1.82) is 0 Å². The molecule has 2 nitrogen and oxygen atoms in total. The average Bonchev–Trinajstić information content (AvgIpc) is 1.82. The number of nitrogens with zero attached hydrogens (tertiary/aromatic N) is 1. The van der Waals surface area contributed by atoms with Crippen molar-refractivity contribution in [3.05, 3.63) is 0 Å². The van der Waals surface area contributed by atoms with Gasteiger partial charge in [-0.1, -0.05) is 0 Å². The minimum absolute atomic E-state index is 1.38. The molecular weight excluding hydrogens is 272 g/mol. The van der Waals surface area contributed by atoms with Crippen LogP contribution < -0.4 is 0 Å². The Morgan fingerprint density at radius 2 is 1.54 bits per heavy atom. The quantitative estimate of drug-likeness (QED) is 0.409. The van der Waals surface area contributed by atoms with Crippen LogP contribution in [0.15, 0.2) is 4.99 Å². The number of aliphatic imine (C=N–C) groups is 1. The van der Waals surface area contributed by atoms with E-state index in [-0.39, 0.29) is 0 Å². The van der Waals surface area contributed by atoms with Crippen molar-refractivity contribution < 1.29 is 31.1 Å². The largest absolute Gasteiger partial charge is 0.473 e. The lowest BCUT2D eigenvalue weighted by atomic mass is 10.6. The van der Waals surface area contributed by atoms with E-state index in [9.17, 15) is 31.1 Å². The van der Waals surface area contributed by atoms with Crippen molar-refractivity contribution >= 4 is 27.8 Å². The minimum Gasteiger partial charge on any atom is -0.262 e. The number of carbonyl (C=O) groups excluding carboxylic acids is 1. The van der Waals surface area contributed by atoms with Gasteiger partial charge < -0.3 is 0 Å². The van der Waals surface area contributed by atoms with Crippen molar-refractivity contribution in [2.75, 3.05) is 0 Å². The predicted molar refractivity (Wildman–Crippen MR) is 33.5 cm³/mol. The molecule has 0 aliphatic carbocycles. The summed E-state index contributed by atoms with van der Waals surface area (Å²) in [6.45, 7) is 0. The van der Waals surface area contributed by atoms with E-state index < -0.39 is 22.9 Å². The molecule has 1 amide bonds. The van der Waals surface area contributed by atoms with E-state index in [4.69, 9.17) is 0 Å². The molecule has 0 atom stereocenters. The zero-order valence-corrected chi connectivity index (χ0v) is 7.09. The van der Waals surface area contributed by atoms with E-state index in [2.05, 4.69) is 0 Å². The second-order valence-corrected chi connectivity index (χ2v) is 2.70. The van der Waals surface area contributed by atoms with Crippen LogP contribution in [0.25, 0.3) is 0 Å². The maximum Gasteiger partial charge on any atom is 0.473 e. The highest BCUT2D eigenvalue weighted by atomic mass is 79.9. The van der Waals surface area contributed by atoms with Crippen LogP contribution in [-0.4, -0.2) is 22.9 Å². The Bertz CT molecular complexity index is 240. The second kappa shape index (κ2) is 3.64. The molecule has 0 aliphatic heterocycles. The first-order chi connectivity index (χ1) is 5.55. The van der Waals surface area contributed by atoms with Crippen molar-refractivity contribution in [2.24, 2.45) is 4.99 Å². The van der Waals surface area contributed by atoms with Gasteiger partial charge in [-0.2, -0.15) is 31.3 Å². The van der Waals surface area contributed by atoms with Gasteiger partial charge in [-0.05, 0) is 0 Å². The lowest BCUT2D eigenvalue weighted by Gasteiger charge is -2.03. The van der Waals surface area contributed by atoms with Gasteiger partial charge in [0.2, 0.25) is 0 Å². The van der Waals surface area contributed by atoms with Crippen LogP contribution in [-0.2, 0) is 4.79 Å². The molecule has 0 N–H and O–H groups in total. The second-order valence-electron chi connectivity index (χ2n) is 1.70. The lowest BCUT2D eigenvalue weighted by Crippen LogP contribution is -2.25. The van der Waals surface area contributed by atoms with Crippen LogP contribution in [0.3, 0.4) is 0 Å². The summed E-state index contributed by atoms with van der Waals surface area (Å²) in [5.74, 6) is -5.67. The number of carbonyl (C=O) groups is 1. The fourth-order valence-electron chi connectivity index (χ4n) is 0.216. The molecule has 0 unspecified atom stereocenters. The van der Waals surface area contributed by atoms with E-state index in [0.717, 1.165) is 0 Å². The summed E-state index contributed by atoms with van der Waals surface area (Å²) in [7, 11) is 0. The molecule has 0 rings (SSSR count). The molecule has 76 valence electrons. The van der Waals surface area contributed by atoms with Gasteiger partial charge in [0, 0.05) is 15.9 Å². The summed E-state index contributed by atoms with van der Waals surface area (Å²) in [5.41, 5.74) is 0. The fraction of sp³-hybridized carbons (Fsp3) is 0.500. The summed E-state index contributed by atoms with van der Waals surface area (Å²) in [5, 5.41) is 0. The summed E-state index contributed by atoms with van der Waals surface area (Å²) < 4.78 is 69.4. The first-order valence-corrected chi connectivity index (χ1v) is 3.27. The normalized spacial score (nSPS) is 14.5. The average molecular weight is 272 g/mol. The fourth-order valence-corrected chi connectivity index (χ4v) is 0.305. The number of hydrogen-bond donors (Lipinski definition) is 0. The first-order valence-electron chi connectivity index (χ1n) is 2.47. The molecule has 0 aromatic carbocycles. The third-order valence-electron chi connectivity index (χ3n) is 0.676. The van der Waals surface area contributed by atoms with Gasteiger partial charge in [-0.25, -0.2) is 0 Å². The maximum atomic E-state index is 11.9. The molecule has 0 aromatic rings. The van der Waals surface area contributed by atoms with Gasteiger partial charge >= 0.3 is 16.9 Å². The molecule has 0 fully saturated rings. The van der Waals surface area contributed by atoms with Crippen LogP contribution in [0.1, 0.15) is 0 Å². The van der Waals surface area contributed by atoms with Gasteiger partial charge in [-0.15, -0.1) is 0 Å². The minimum atomic E-state index is -5.46. The van der Waals surface area contributed by atoms with Crippen LogP contribution in [0.4, 0.5) is 26.3 Å². The van der Waals surface area contributed by atoms with E-state index in [0.29, 0.717) is 0 Å². The Balaban J connectivity index is 4.70. The predicted octanol–water partition coefficient (Wildman–Crippen LogP) is 2.43. The van der Waals surface area contributed by atoms with Crippen molar-refractivity contribution in [2.45, 2.75) is 11.0 Å². The Labute approximate surface area is 75.8 Å². The summed E-state index contributed by atoms with van der Waals surface area (Å²) in [6, 6.07) is 0. The number of alkyl halides is 6. The van der Waals surface area contributed by atoms with Crippen LogP contribution in [0.2, 0.25) is 0 Å². The molecule has 0 aliphatic rings. The molecule has 0 saturated heterocycles. The SMILES string of the molecule is O=C(N=C(F)C(F)(F)Br)C(F)(F)F. The smallest absolute Gasteiger partial charge is 0.262 e. The third-order valence-corrected chi connectivity index (χ3v) is 1.00. The maximum absolute atomic E-state index is 11.9. The summed E-state index contributed by atoms with van der Waals surface area (Å²) >= 11 is 1.38. The topological polar surface area (TPSA) is 29.4 Å². The zero-order valence-electron chi connectivity index (χ0n) is 5.50. The van der Waals surface area contributed by atoms with Gasteiger partial charge in [0.15, 0.2) is 0 Å². The lowest BCUT2D eigenvalue weighted by molar-refractivity contribution is -0.169. The molecule has 0 radical (unpaired) electrons. The van der Waals surface area contributed by atoms with Gasteiger partial charge in [0.1, 0.15) is 0 Å². The van der Waals surface area contributed by atoms with Crippen LogP contribution >= 0.6 is 15.9 Å². The highest BCUT2D eigenvalue weighted by Crippen LogP contribution is 2.26. The first kappa shape index (κ1) is 12.4. The molecule has 9 heteroatoms. The molecular formula is C4BrF6NO. The van der Waals surface area contributed by atoms with Crippen molar-refractivity contribution in [3.8, 4) is 0 Å². The zero-order chi connectivity index (χ0) is 10.9. The van der Waals surface area contributed by atoms with E-state index >= 15 is 0 Å². The van der Waals surface area contributed by atoms with Crippen molar-refractivity contribution in [1.82, 2.24) is 0 Å². The van der Waals surface area contributed by atoms with Crippen molar-refractivity contribution in [3.63, 3.8) is 0 Å². The molecule has 0 bridgehead atoms. The molecule has 0 spiro atoms. The number of halogens is 7. The molecule has 0 aromatic heterocycles. The highest BCUT2D eigenvalue weighted by molar-refractivity contribution is 9.10. The summed E-state index contributed by atoms with van der Waals surface area (Å²) in [6.07, 6.45) is -5.46. The summed E-state index contributed by atoms with van der Waals surface area (Å²) in [4.78, 5) is 6.96. The Kier molecular flexibility index (Phi) is 3.47. The Morgan fingerprint density at radius 3 is 1.77 bits per heavy atom. The van der Waals surface area contributed by atoms with Crippen LogP contribution in [0, 0.1) is 0 Å². The van der Waals surface area contributed by atoms with Crippen LogP contribution in [0.5, 0.6) is 0 Å². The molecule has 13 heavy (non-hydrogen) atoms.